The number of aliphatic imine (C=N–C) groups is 1. The highest BCUT2D eigenvalue weighted by molar-refractivity contribution is 9.10. The van der Waals surface area contributed by atoms with Crippen LogP contribution in [0.25, 0.3) is 6.08 Å². The summed E-state index contributed by atoms with van der Waals surface area (Å²) < 4.78 is 5.39. The summed E-state index contributed by atoms with van der Waals surface area (Å²) in [6.07, 6.45) is 1.34. The van der Waals surface area contributed by atoms with E-state index < -0.39 is 15.8 Å². The zero-order valence-corrected chi connectivity index (χ0v) is 15.3. The Morgan fingerprint density at radius 3 is 2.44 bits per heavy atom. The first-order valence-electron chi connectivity index (χ1n) is 7.48. The summed E-state index contributed by atoms with van der Waals surface area (Å²) in [6, 6.07) is 8.70. The number of aryl methyl sites for hydroxylation is 1. The number of nitro groups is 2. The van der Waals surface area contributed by atoms with Gasteiger partial charge in [0.2, 0.25) is 5.90 Å². The standard InChI is InChI=1S/C17H10BrN3O6/c1-9-2-4-11(8-14(9)20(23)24)16-19-13(17(22)27-16)6-10-3-5-12(18)15(7-10)21(25)26/h2-8H,1H3/b13-6-. The summed E-state index contributed by atoms with van der Waals surface area (Å²) in [4.78, 5) is 37.1. The molecule has 0 radical (unpaired) electrons. The molecule has 0 aliphatic carbocycles. The molecule has 0 atom stereocenters. The number of carbonyl (C=O) groups is 1. The van der Waals surface area contributed by atoms with Crippen molar-refractivity contribution in [3.63, 3.8) is 0 Å². The molecule has 0 bridgehead atoms. The summed E-state index contributed by atoms with van der Waals surface area (Å²) in [5.74, 6) is -0.820. The molecule has 2 aromatic rings. The quantitative estimate of drug-likeness (QED) is 0.312. The van der Waals surface area contributed by atoms with E-state index in [1.54, 1.807) is 19.1 Å². The van der Waals surface area contributed by atoms with Gasteiger partial charge in [-0.1, -0.05) is 12.1 Å². The molecule has 1 aliphatic heterocycles. The molecule has 0 spiro atoms. The van der Waals surface area contributed by atoms with Gasteiger partial charge in [0.05, 0.1) is 14.3 Å². The van der Waals surface area contributed by atoms with Gasteiger partial charge in [0.15, 0.2) is 5.70 Å². The average molecular weight is 432 g/mol. The number of nitrogens with zero attached hydrogens (tertiary/aromatic N) is 3. The van der Waals surface area contributed by atoms with Crippen LogP contribution < -0.4 is 0 Å². The molecule has 0 aromatic heterocycles. The van der Waals surface area contributed by atoms with Crippen molar-refractivity contribution < 1.29 is 19.4 Å². The summed E-state index contributed by atoms with van der Waals surface area (Å²) >= 11 is 3.08. The van der Waals surface area contributed by atoms with Gasteiger partial charge < -0.3 is 4.74 Å². The van der Waals surface area contributed by atoms with Gasteiger partial charge in [0.1, 0.15) is 0 Å². The smallest absolute Gasteiger partial charge is 0.363 e. The van der Waals surface area contributed by atoms with Gasteiger partial charge in [-0.15, -0.1) is 0 Å². The van der Waals surface area contributed by atoms with Crippen LogP contribution in [0.15, 0.2) is 51.6 Å². The fraction of sp³-hybridized carbons (Fsp3) is 0.0588. The molecule has 1 aliphatic rings. The lowest BCUT2D eigenvalue weighted by Gasteiger charge is -2.01. The molecule has 27 heavy (non-hydrogen) atoms. The fourth-order valence-electron chi connectivity index (χ4n) is 2.39. The van der Waals surface area contributed by atoms with Crippen LogP contribution in [0.4, 0.5) is 11.4 Å². The van der Waals surface area contributed by atoms with Crippen molar-refractivity contribution in [1.82, 2.24) is 0 Å². The van der Waals surface area contributed by atoms with Crippen molar-refractivity contribution in [2.45, 2.75) is 6.92 Å². The minimum absolute atomic E-state index is 0.0650. The average Bonchev–Trinajstić information content (AvgIpc) is 2.97. The molecule has 136 valence electrons. The Morgan fingerprint density at radius 1 is 1.07 bits per heavy atom. The van der Waals surface area contributed by atoms with E-state index in [9.17, 15) is 25.0 Å². The van der Waals surface area contributed by atoms with E-state index >= 15 is 0 Å². The van der Waals surface area contributed by atoms with E-state index in [0.717, 1.165) is 0 Å². The second-order valence-corrected chi connectivity index (χ2v) is 6.42. The van der Waals surface area contributed by atoms with Crippen molar-refractivity contribution in [2.75, 3.05) is 0 Å². The predicted molar refractivity (Wildman–Crippen MR) is 99.2 cm³/mol. The van der Waals surface area contributed by atoms with Crippen molar-refractivity contribution >= 4 is 45.2 Å². The minimum Gasteiger partial charge on any atom is -0.402 e. The monoisotopic (exact) mass is 431 g/mol. The molecular weight excluding hydrogens is 422 g/mol. The van der Waals surface area contributed by atoms with Crippen molar-refractivity contribution in [1.29, 1.82) is 0 Å². The molecule has 0 amide bonds. The number of nitro benzene ring substituents is 2. The van der Waals surface area contributed by atoms with E-state index in [2.05, 4.69) is 20.9 Å². The van der Waals surface area contributed by atoms with Gasteiger partial charge in [0.25, 0.3) is 11.4 Å². The second-order valence-electron chi connectivity index (χ2n) is 5.56. The third kappa shape index (κ3) is 3.75. The first-order chi connectivity index (χ1) is 12.8. The molecule has 1 heterocycles. The van der Waals surface area contributed by atoms with Crippen molar-refractivity contribution in [2.24, 2.45) is 4.99 Å². The van der Waals surface area contributed by atoms with Crippen LogP contribution in [0.1, 0.15) is 16.7 Å². The molecule has 0 saturated heterocycles. The van der Waals surface area contributed by atoms with E-state index in [0.29, 0.717) is 15.6 Å². The van der Waals surface area contributed by atoms with Gasteiger partial charge in [-0.2, -0.15) is 0 Å². The number of rotatable bonds is 4. The Hall–Kier alpha value is -3.40. The Bertz CT molecular complexity index is 1060. The number of esters is 1. The molecule has 0 fully saturated rings. The van der Waals surface area contributed by atoms with E-state index in [1.165, 1.54) is 30.3 Å². The summed E-state index contributed by atoms with van der Waals surface area (Å²) in [5.41, 5.74) is 0.792. The van der Waals surface area contributed by atoms with Crippen LogP contribution in [-0.4, -0.2) is 21.7 Å². The Morgan fingerprint density at radius 2 is 1.78 bits per heavy atom. The van der Waals surface area contributed by atoms with Gasteiger partial charge in [-0.3, -0.25) is 20.2 Å². The minimum atomic E-state index is -0.751. The maximum absolute atomic E-state index is 12.1. The molecule has 9 nitrogen and oxygen atoms in total. The molecule has 0 unspecified atom stereocenters. The van der Waals surface area contributed by atoms with Crippen molar-refractivity contribution in [3.8, 4) is 0 Å². The van der Waals surface area contributed by atoms with Crippen LogP contribution in [0, 0.1) is 27.2 Å². The largest absolute Gasteiger partial charge is 0.402 e. The van der Waals surface area contributed by atoms with Gasteiger partial charge in [0, 0.05) is 23.3 Å². The summed E-state index contributed by atoms with van der Waals surface area (Å²) in [6.45, 7) is 1.59. The molecule has 10 heteroatoms. The Labute approximate surface area is 160 Å². The third-order valence-electron chi connectivity index (χ3n) is 3.74. The zero-order chi connectivity index (χ0) is 19.7. The van der Waals surface area contributed by atoms with Crippen LogP contribution in [-0.2, 0) is 9.53 Å². The fourth-order valence-corrected chi connectivity index (χ4v) is 2.78. The topological polar surface area (TPSA) is 125 Å². The normalized spacial score (nSPS) is 14.8. The van der Waals surface area contributed by atoms with E-state index in [1.807, 2.05) is 0 Å². The summed E-state index contributed by atoms with van der Waals surface area (Å²) in [7, 11) is 0. The number of halogens is 1. The van der Waals surface area contributed by atoms with Gasteiger partial charge >= 0.3 is 5.97 Å². The molecular formula is C17H10BrN3O6. The van der Waals surface area contributed by atoms with Crippen LogP contribution >= 0.6 is 15.9 Å². The number of ether oxygens (including phenoxy) is 1. The number of benzene rings is 2. The number of cyclic esters (lactones) is 1. The molecule has 3 rings (SSSR count). The first-order valence-corrected chi connectivity index (χ1v) is 8.27. The molecule has 0 saturated carbocycles. The third-order valence-corrected chi connectivity index (χ3v) is 4.41. The number of carbonyl (C=O) groups excluding carboxylic acids is 1. The SMILES string of the molecule is Cc1ccc(C2=N/C(=C\c3ccc(Br)c([N+](=O)[O-])c3)C(=O)O2)cc1[N+](=O)[O-]. The van der Waals surface area contributed by atoms with E-state index in [4.69, 9.17) is 4.74 Å². The van der Waals surface area contributed by atoms with Gasteiger partial charge in [-0.05, 0) is 46.6 Å². The van der Waals surface area contributed by atoms with Crippen LogP contribution in [0.5, 0.6) is 0 Å². The number of hydrogen-bond acceptors (Lipinski definition) is 7. The maximum Gasteiger partial charge on any atom is 0.363 e. The lowest BCUT2D eigenvalue weighted by molar-refractivity contribution is -0.385. The highest BCUT2D eigenvalue weighted by Gasteiger charge is 2.26. The second kappa shape index (κ2) is 7.08. The zero-order valence-electron chi connectivity index (χ0n) is 13.7. The van der Waals surface area contributed by atoms with Crippen LogP contribution in [0.3, 0.4) is 0 Å². The first kappa shape index (κ1) is 18.4. The maximum atomic E-state index is 12.1. The summed E-state index contributed by atoms with van der Waals surface area (Å²) in [5, 5.41) is 22.1. The van der Waals surface area contributed by atoms with Gasteiger partial charge in [-0.25, -0.2) is 9.79 Å². The number of hydrogen-bond donors (Lipinski definition) is 0. The van der Waals surface area contributed by atoms with E-state index in [-0.39, 0.29) is 28.5 Å². The molecule has 0 N–H and O–H groups in total. The highest BCUT2D eigenvalue weighted by atomic mass is 79.9. The van der Waals surface area contributed by atoms with Crippen molar-refractivity contribution in [3.05, 3.63) is 83.5 Å². The molecule has 2 aromatic carbocycles. The van der Waals surface area contributed by atoms with Crippen LogP contribution in [0.2, 0.25) is 0 Å². The lowest BCUT2D eigenvalue weighted by Crippen LogP contribution is -2.06. The predicted octanol–water partition coefficient (Wildman–Crippen LogP) is 3.92. The Balaban J connectivity index is 1.99. The Kier molecular flexibility index (Phi) is 4.82. The lowest BCUT2D eigenvalue weighted by atomic mass is 10.1. The highest BCUT2D eigenvalue weighted by Crippen LogP contribution is 2.28.